The van der Waals surface area contributed by atoms with Gasteiger partial charge in [-0.2, -0.15) is 5.10 Å². The van der Waals surface area contributed by atoms with Crippen LogP contribution in [0.1, 0.15) is 22.3 Å². The largest absolute Gasteiger partial charge is 0.338 e. The summed E-state index contributed by atoms with van der Waals surface area (Å²) in [6, 6.07) is -0.381. The van der Waals surface area contributed by atoms with Gasteiger partial charge in [0.05, 0.1) is 23.4 Å². The summed E-state index contributed by atoms with van der Waals surface area (Å²) in [7, 11) is 5.40. The van der Waals surface area contributed by atoms with Crippen LogP contribution in [0.25, 0.3) is 0 Å². The standard InChI is InChI=1S/C13H19N5OS/c1-9-16-11(8-20-9)7-17(3)13(19)12(14-2)10-5-15-18(4)6-10/h5-6,8,12,14H,7H2,1-4H3. The summed E-state index contributed by atoms with van der Waals surface area (Å²) in [6.45, 7) is 2.48. The molecule has 7 heteroatoms. The van der Waals surface area contributed by atoms with E-state index in [-0.39, 0.29) is 11.9 Å². The molecule has 108 valence electrons. The Morgan fingerprint density at radius 3 is 2.85 bits per heavy atom. The Hall–Kier alpha value is -1.73. The van der Waals surface area contributed by atoms with E-state index in [0.29, 0.717) is 6.54 Å². The number of hydrogen-bond acceptors (Lipinski definition) is 5. The highest BCUT2D eigenvalue weighted by molar-refractivity contribution is 7.09. The van der Waals surface area contributed by atoms with E-state index in [1.807, 2.05) is 25.5 Å². The van der Waals surface area contributed by atoms with E-state index < -0.39 is 0 Å². The van der Waals surface area contributed by atoms with Gasteiger partial charge in [0.25, 0.3) is 0 Å². The number of carbonyl (C=O) groups excluding carboxylic acids is 1. The second-order valence-corrected chi connectivity index (χ2v) is 5.78. The molecule has 0 saturated heterocycles. The second-order valence-electron chi connectivity index (χ2n) is 4.72. The molecule has 2 rings (SSSR count). The zero-order chi connectivity index (χ0) is 14.7. The first-order valence-electron chi connectivity index (χ1n) is 6.33. The minimum absolute atomic E-state index is 0.00570. The monoisotopic (exact) mass is 293 g/mol. The van der Waals surface area contributed by atoms with Crippen LogP contribution in [0, 0.1) is 6.92 Å². The Morgan fingerprint density at radius 1 is 1.60 bits per heavy atom. The first kappa shape index (κ1) is 14.7. The molecule has 0 bridgehead atoms. The topological polar surface area (TPSA) is 63.1 Å². The van der Waals surface area contributed by atoms with Crippen LogP contribution in [0.5, 0.6) is 0 Å². The average Bonchev–Trinajstić information content (AvgIpc) is 2.99. The van der Waals surface area contributed by atoms with Gasteiger partial charge in [0.2, 0.25) is 5.91 Å². The Kier molecular flexibility index (Phi) is 4.51. The molecule has 1 N–H and O–H groups in total. The zero-order valence-corrected chi connectivity index (χ0v) is 12.9. The van der Waals surface area contributed by atoms with E-state index in [4.69, 9.17) is 0 Å². The number of nitrogens with one attached hydrogen (secondary N) is 1. The van der Waals surface area contributed by atoms with Gasteiger partial charge in [-0.1, -0.05) is 0 Å². The van der Waals surface area contributed by atoms with Gasteiger partial charge in [0.15, 0.2) is 0 Å². The molecule has 0 spiro atoms. The number of carbonyl (C=O) groups is 1. The van der Waals surface area contributed by atoms with Crippen LogP contribution in [0.15, 0.2) is 17.8 Å². The van der Waals surface area contributed by atoms with Crippen molar-refractivity contribution in [3.8, 4) is 0 Å². The highest BCUT2D eigenvalue weighted by Crippen LogP contribution is 2.16. The molecule has 1 unspecified atom stereocenters. The van der Waals surface area contributed by atoms with Crippen LogP contribution in [-0.2, 0) is 18.4 Å². The number of likely N-dealkylation sites (N-methyl/N-ethyl adjacent to an activating group) is 2. The Morgan fingerprint density at radius 2 is 2.35 bits per heavy atom. The molecular formula is C13H19N5OS. The van der Waals surface area contributed by atoms with Gasteiger partial charge < -0.3 is 10.2 Å². The van der Waals surface area contributed by atoms with Crippen molar-refractivity contribution in [3.05, 3.63) is 34.0 Å². The van der Waals surface area contributed by atoms with Crippen LogP contribution in [0.3, 0.4) is 0 Å². The lowest BCUT2D eigenvalue weighted by Gasteiger charge is -2.22. The van der Waals surface area contributed by atoms with Gasteiger partial charge in [-0.25, -0.2) is 4.98 Å². The third-order valence-corrected chi connectivity index (χ3v) is 3.86. The summed E-state index contributed by atoms with van der Waals surface area (Å²) in [5, 5.41) is 10.1. The molecule has 20 heavy (non-hydrogen) atoms. The minimum Gasteiger partial charge on any atom is -0.338 e. The summed E-state index contributed by atoms with van der Waals surface area (Å²) >= 11 is 1.59. The van der Waals surface area contributed by atoms with Gasteiger partial charge >= 0.3 is 0 Å². The van der Waals surface area contributed by atoms with E-state index in [9.17, 15) is 4.79 Å². The van der Waals surface area contributed by atoms with Crippen LogP contribution < -0.4 is 5.32 Å². The number of aryl methyl sites for hydroxylation is 2. The Balaban J connectivity index is 2.08. The van der Waals surface area contributed by atoms with E-state index in [1.54, 1.807) is 41.2 Å². The predicted molar refractivity (Wildman–Crippen MR) is 78.3 cm³/mol. The molecule has 0 aliphatic carbocycles. The minimum atomic E-state index is -0.381. The van der Waals surface area contributed by atoms with Gasteiger partial charge in [0, 0.05) is 31.2 Å². The summed E-state index contributed by atoms with van der Waals surface area (Å²) in [6.07, 6.45) is 3.56. The molecular weight excluding hydrogens is 274 g/mol. The predicted octanol–water partition coefficient (Wildman–Crippen LogP) is 1.10. The normalized spacial score (nSPS) is 12.4. The molecule has 0 saturated carbocycles. The maximum Gasteiger partial charge on any atom is 0.244 e. The van der Waals surface area contributed by atoms with Gasteiger partial charge in [-0.05, 0) is 14.0 Å². The zero-order valence-electron chi connectivity index (χ0n) is 12.1. The fourth-order valence-corrected chi connectivity index (χ4v) is 2.65. The van der Waals surface area contributed by atoms with Gasteiger partial charge in [-0.15, -0.1) is 11.3 Å². The van der Waals surface area contributed by atoms with Crippen molar-refractivity contribution in [3.63, 3.8) is 0 Å². The third-order valence-electron chi connectivity index (χ3n) is 3.04. The van der Waals surface area contributed by atoms with Crippen molar-refractivity contribution in [1.82, 2.24) is 25.0 Å². The van der Waals surface area contributed by atoms with Crippen molar-refractivity contribution >= 4 is 17.2 Å². The number of hydrogen-bond donors (Lipinski definition) is 1. The Bertz CT molecular complexity index is 591. The molecule has 0 aliphatic rings. The van der Waals surface area contributed by atoms with Crippen LogP contribution in [-0.4, -0.2) is 39.7 Å². The number of nitrogens with zero attached hydrogens (tertiary/aromatic N) is 4. The van der Waals surface area contributed by atoms with Crippen LogP contribution >= 0.6 is 11.3 Å². The quantitative estimate of drug-likeness (QED) is 0.897. The van der Waals surface area contributed by atoms with Crippen LogP contribution in [0.4, 0.5) is 0 Å². The molecule has 0 aliphatic heterocycles. The highest BCUT2D eigenvalue weighted by Gasteiger charge is 2.23. The first-order valence-corrected chi connectivity index (χ1v) is 7.21. The molecule has 1 amide bonds. The number of rotatable bonds is 5. The lowest BCUT2D eigenvalue weighted by Crippen LogP contribution is -2.37. The lowest BCUT2D eigenvalue weighted by atomic mass is 10.1. The van der Waals surface area contributed by atoms with Crippen molar-refractivity contribution in [1.29, 1.82) is 0 Å². The molecule has 1 atom stereocenters. The number of thiazole rings is 1. The van der Waals surface area contributed by atoms with E-state index in [1.165, 1.54) is 0 Å². The Labute approximate surface area is 122 Å². The smallest absolute Gasteiger partial charge is 0.244 e. The maximum atomic E-state index is 12.5. The third kappa shape index (κ3) is 3.23. The van der Waals surface area contributed by atoms with Crippen molar-refractivity contribution in [2.24, 2.45) is 7.05 Å². The molecule has 2 aromatic rings. The molecule has 0 aromatic carbocycles. The van der Waals surface area contributed by atoms with E-state index in [2.05, 4.69) is 15.4 Å². The summed E-state index contributed by atoms with van der Waals surface area (Å²) in [5.74, 6) is 0.00570. The van der Waals surface area contributed by atoms with Crippen molar-refractivity contribution in [2.75, 3.05) is 14.1 Å². The summed E-state index contributed by atoms with van der Waals surface area (Å²) in [5.41, 5.74) is 1.78. The number of aromatic nitrogens is 3. The number of amides is 1. The average molecular weight is 293 g/mol. The molecule has 6 nitrogen and oxygen atoms in total. The highest BCUT2D eigenvalue weighted by atomic mass is 32.1. The van der Waals surface area contributed by atoms with Gasteiger partial charge in [0.1, 0.15) is 6.04 Å². The summed E-state index contributed by atoms with van der Waals surface area (Å²) < 4.78 is 1.69. The van der Waals surface area contributed by atoms with E-state index in [0.717, 1.165) is 16.3 Å². The summed E-state index contributed by atoms with van der Waals surface area (Å²) in [4.78, 5) is 18.6. The fourth-order valence-electron chi connectivity index (χ4n) is 2.04. The van der Waals surface area contributed by atoms with Crippen molar-refractivity contribution in [2.45, 2.75) is 19.5 Å². The molecule has 0 fully saturated rings. The molecule has 2 heterocycles. The SMILES string of the molecule is CNC(C(=O)N(C)Cc1csc(C)n1)c1cnn(C)c1. The van der Waals surface area contributed by atoms with Crippen LogP contribution in [0.2, 0.25) is 0 Å². The maximum absolute atomic E-state index is 12.5. The second kappa shape index (κ2) is 6.15. The molecule has 0 radical (unpaired) electrons. The van der Waals surface area contributed by atoms with E-state index >= 15 is 0 Å². The lowest BCUT2D eigenvalue weighted by molar-refractivity contribution is -0.132. The fraction of sp³-hybridized carbons (Fsp3) is 0.462. The first-order chi connectivity index (χ1) is 9.51. The van der Waals surface area contributed by atoms with Crippen molar-refractivity contribution < 1.29 is 4.79 Å². The van der Waals surface area contributed by atoms with Gasteiger partial charge in [-0.3, -0.25) is 9.48 Å². The molecule has 2 aromatic heterocycles.